The molecule has 0 saturated carbocycles. The van der Waals surface area contributed by atoms with E-state index in [1.807, 2.05) is 80.7 Å². The van der Waals surface area contributed by atoms with E-state index in [-0.39, 0.29) is 42.3 Å². The van der Waals surface area contributed by atoms with Crippen molar-refractivity contribution in [3.05, 3.63) is 97.0 Å². The van der Waals surface area contributed by atoms with Crippen LogP contribution in [0.4, 0.5) is 5.69 Å². The second-order valence-electron chi connectivity index (χ2n) is 12.6. The van der Waals surface area contributed by atoms with Crippen LogP contribution in [-0.4, -0.2) is 53.7 Å². The number of nitrogens with zero attached hydrogens (tertiary/aromatic N) is 2. The highest BCUT2D eigenvalue weighted by atomic mass is 127. The fourth-order valence-electron chi connectivity index (χ4n) is 7.56. The van der Waals surface area contributed by atoms with E-state index < -0.39 is 20.0 Å². The van der Waals surface area contributed by atoms with E-state index in [1.165, 1.54) is 0 Å². The summed E-state index contributed by atoms with van der Waals surface area (Å²) < 4.78 is 8.82. The van der Waals surface area contributed by atoms with Gasteiger partial charge in [0.2, 0.25) is 5.91 Å². The number of benzene rings is 3. The van der Waals surface area contributed by atoms with Gasteiger partial charge in [-0.15, -0.1) is 0 Å². The summed E-state index contributed by atoms with van der Waals surface area (Å²) in [6, 6.07) is 21.6. The largest absolute Gasteiger partial charge is 0.432 e. The smallest absolute Gasteiger partial charge is 0.264 e. The van der Waals surface area contributed by atoms with Crippen molar-refractivity contribution in [2.24, 2.45) is 5.92 Å². The van der Waals surface area contributed by atoms with Crippen molar-refractivity contribution in [3.8, 4) is 0 Å². The van der Waals surface area contributed by atoms with Gasteiger partial charge in [-0.3, -0.25) is 9.59 Å². The molecule has 3 aromatic carbocycles. The van der Waals surface area contributed by atoms with Crippen LogP contribution in [-0.2, 0) is 39.4 Å². The van der Waals surface area contributed by atoms with Gasteiger partial charge in [0.25, 0.3) is 5.91 Å². The highest BCUT2D eigenvalue weighted by Gasteiger charge is 2.66. The van der Waals surface area contributed by atoms with Crippen LogP contribution in [0.1, 0.15) is 35.6 Å². The normalized spacial score (nSPS) is 26.6. The third-order valence-corrected chi connectivity index (χ3v) is 13.1. The maximum Gasteiger partial charge on any atom is 0.264 e. The molecule has 6 rings (SSSR count). The first-order chi connectivity index (χ1) is 20.4. The summed E-state index contributed by atoms with van der Waals surface area (Å²) in [4.78, 5) is 43.8. The molecule has 3 heterocycles. The van der Waals surface area contributed by atoms with Crippen LogP contribution in [0.5, 0.6) is 0 Å². The third-order valence-electron chi connectivity index (χ3n) is 9.44. The van der Waals surface area contributed by atoms with Gasteiger partial charge >= 0.3 is 0 Å². The molecule has 0 unspecified atom stereocenters. The number of anilines is 1. The standard InChI is InChI=1S/C33H36BrIN2O5Si/c1-20-31(43(2,3)41)29(16-30(39)36-18-23-9-5-4-8-22(23)14-26(36)19-38)42-33(20)27-15-24(34)11-12-28(27)37(32(33)40)17-21-7-6-10-25(35)13-21/h4-13,15,20,26,29,31,38,41H,14,16-19H2,1-3H3/t20-,26+,29+,31-,33+/m1/s1. The lowest BCUT2D eigenvalue weighted by Gasteiger charge is -2.37. The summed E-state index contributed by atoms with van der Waals surface area (Å²) in [5, 5.41) is 10.2. The molecule has 3 aliphatic heterocycles. The number of hydrogen-bond donors (Lipinski definition) is 2. The molecule has 1 fully saturated rings. The number of amides is 2. The Kier molecular flexibility index (Phi) is 8.40. The first-order valence-corrected chi connectivity index (χ1v) is 19.6. The van der Waals surface area contributed by atoms with Crippen molar-refractivity contribution in [1.82, 2.24) is 4.90 Å². The molecule has 0 aliphatic carbocycles. The highest BCUT2D eigenvalue weighted by Crippen LogP contribution is 2.60. The average molecular weight is 776 g/mol. The molecule has 3 aliphatic rings. The molecular formula is C33H36BrIN2O5Si. The average Bonchev–Trinajstić information content (AvgIpc) is 3.38. The van der Waals surface area contributed by atoms with Crippen LogP contribution in [0.3, 0.4) is 0 Å². The zero-order valence-electron chi connectivity index (χ0n) is 24.5. The molecule has 43 heavy (non-hydrogen) atoms. The van der Waals surface area contributed by atoms with Crippen molar-refractivity contribution >= 4 is 64.3 Å². The number of carbonyl (C=O) groups excluding carboxylic acids is 2. The Balaban J connectivity index is 1.36. The number of aliphatic hydroxyl groups is 1. The monoisotopic (exact) mass is 774 g/mol. The number of carbonyl (C=O) groups is 2. The Hall–Kier alpha value is -2.09. The summed E-state index contributed by atoms with van der Waals surface area (Å²) in [5.41, 5.74) is 3.09. The third kappa shape index (κ3) is 5.41. The van der Waals surface area contributed by atoms with E-state index in [9.17, 15) is 19.5 Å². The molecule has 0 bridgehead atoms. The fraction of sp³-hybridized carbons (Fsp3) is 0.394. The Morgan fingerprint density at radius 3 is 2.56 bits per heavy atom. The second kappa shape index (κ2) is 11.7. The van der Waals surface area contributed by atoms with Gasteiger partial charge in [-0.2, -0.15) is 0 Å². The van der Waals surface area contributed by atoms with Crippen LogP contribution < -0.4 is 4.90 Å². The van der Waals surface area contributed by atoms with E-state index in [0.29, 0.717) is 19.5 Å². The molecule has 10 heteroatoms. The maximum absolute atomic E-state index is 14.6. The van der Waals surface area contributed by atoms with E-state index in [2.05, 4.69) is 44.6 Å². The SMILES string of the molecule is C[C@@H]1[C@@H]([Si](C)(C)O)[C@H](CC(=O)N2Cc3ccccc3C[C@H]2CO)O[C@@]12C(=O)N(Cc1cccc(I)c1)c1ccc(Br)cc12. The first-order valence-electron chi connectivity index (χ1n) is 14.7. The zero-order chi connectivity index (χ0) is 30.7. The quantitative estimate of drug-likeness (QED) is 0.247. The number of hydrogen-bond acceptors (Lipinski definition) is 5. The van der Waals surface area contributed by atoms with Crippen molar-refractivity contribution in [2.75, 3.05) is 11.5 Å². The van der Waals surface area contributed by atoms with Gasteiger partial charge in [-0.1, -0.05) is 59.3 Å². The molecule has 0 aromatic heterocycles. The van der Waals surface area contributed by atoms with Gasteiger partial charge < -0.3 is 24.4 Å². The van der Waals surface area contributed by atoms with Gasteiger partial charge in [0, 0.05) is 31.6 Å². The van der Waals surface area contributed by atoms with E-state index >= 15 is 0 Å². The predicted molar refractivity (Wildman–Crippen MR) is 180 cm³/mol. The molecule has 5 atom stereocenters. The lowest BCUT2D eigenvalue weighted by molar-refractivity contribution is -0.151. The molecule has 2 N–H and O–H groups in total. The Morgan fingerprint density at radius 1 is 1.12 bits per heavy atom. The van der Waals surface area contributed by atoms with E-state index in [4.69, 9.17) is 4.74 Å². The molecule has 1 saturated heterocycles. The number of halogens is 2. The van der Waals surface area contributed by atoms with Crippen molar-refractivity contribution in [1.29, 1.82) is 0 Å². The molecule has 3 aromatic rings. The Bertz CT molecular complexity index is 1580. The van der Waals surface area contributed by atoms with Gasteiger partial charge in [0.05, 0.1) is 37.4 Å². The maximum atomic E-state index is 14.6. The van der Waals surface area contributed by atoms with Crippen molar-refractivity contribution < 1.29 is 24.2 Å². The first kappa shape index (κ1) is 30.9. The number of fused-ring (bicyclic) bond motifs is 3. The summed E-state index contributed by atoms with van der Waals surface area (Å²) >= 11 is 5.88. The molecule has 226 valence electrons. The van der Waals surface area contributed by atoms with Gasteiger partial charge in [-0.25, -0.2) is 0 Å². The summed E-state index contributed by atoms with van der Waals surface area (Å²) in [5.74, 6) is -0.666. The van der Waals surface area contributed by atoms with Crippen LogP contribution in [0.25, 0.3) is 0 Å². The second-order valence-corrected chi connectivity index (χ2v) is 18.7. The molecular weight excluding hydrogens is 739 g/mol. The molecule has 7 nitrogen and oxygen atoms in total. The van der Waals surface area contributed by atoms with Crippen LogP contribution in [0, 0.1) is 9.49 Å². The van der Waals surface area contributed by atoms with Gasteiger partial charge in [0.15, 0.2) is 13.9 Å². The van der Waals surface area contributed by atoms with Crippen LogP contribution in [0.2, 0.25) is 18.6 Å². The van der Waals surface area contributed by atoms with E-state index in [1.54, 1.807) is 9.80 Å². The summed E-state index contributed by atoms with van der Waals surface area (Å²) in [6.07, 6.45) is -0.0414. The summed E-state index contributed by atoms with van der Waals surface area (Å²) in [7, 11) is -2.94. The van der Waals surface area contributed by atoms with Crippen molar-refractivity contribution in [2.45, 2.75) is 69.2 Å². The minimum atomic E-state index is -2.94. The van der Waals surface area contributed by atoms with Crippen LogP contribution >= 0.6 is 38.5 Å². The minimum absolute atomic E-state index is 0.0277. The lowest BCUT2D eigenvalue weighted by atomic mass is 9.82. The lowest BCUT2D eigenvalue weighted by Crippen LogP contribution is -2.48. The van der Waals surface area contributed by atoms with Gasteiger partial charge in [0.1, 0.15) is 0 Å². The number of aliphatic hydroxyl groups excluding tert-OH is 1. The molecule has 2 amide bonds. The number of ether oxygens (including phenoxy) is 1. The fourth-order valence-corrected chi connectivity index (χ4v) is 11.1. The predicted octanol–water partition coefficient (Wildman–Crippen LogP) is 5.73. The molecule has 0 radical (unpaired) electrons. The van der Waals surface area contributed by atoms with Crippen molar-refractivity contribution in [3.63, 3.8) is 0 Å². The Morgan fingerprint density at radius 2 is 1.86 bits per heavy atom. The molecule has 1 spiro atoms. The topological polar surface area (TPSA) is 90.3 Å². The number of rotatable bonds is 6. The van der Waals surface area contributed by atoms with E-state index in [0.717, 1.165) is 36.0 Å². The highest BCUT2D eigenvalue weighted by molar-refractivity contribution is 14.1. The minimum Gasteiger partial charge on any atom is -0.432 e. The van der Waals surface area contributed by atoms with Crippen LogP contribution in [0.15, 0.2) is 71.2 Å². The zero-order valence-corrected chi connectivity index (χ0v) is 29.2. The van der Waals surface area contributed by atoms with Gasteiger partial charge in [-0.05, 0) is 89.1 Å². The Labute approximate surface area is 275 Å². The summed E-state index contributed by atoms with van der Waals surface area (Å²) in [6.45, 7) is 6.39.